The molecule has 55 heavy (non-hydrogen) atoms. The van der Waals surface area contributed by atoms with Gasteiger partial charge in [0.05, 0.1) is 11.4 Å². The molecule has 1 aromatic heterocycles. The van der Waals surface area contributed by atoms with E-state index in [0.717, 1.165) is 53.1 Å². The van der Waals surface area contributed by atoms with Gasteiger partial charge in [-0.15, -0.1) is 11.3 Å². The molecule has 0 amide bonds. The van der Waals surface area contributed by atoms with Crippen LogP contribution in [-0.2, 0) is 10.1 Å². The van der Waals surface area contributed by atoms with E-state index in [0.29, 0.717) is 17.1 Å². The fourth-order valence-electron chi connectivity index (χ4n) is 7.14. The molecule has 8 aromatic carbocycles. The second kappa shape index (κ2) is 13.5. The molecule has 1 heterocycles. The summed E-state index contributed by atoms with van der Waals surface area (Å²) < 4.78 is 74.8. The minimum atomic E-state index is -6.06. The first kappa shape index (κ1) is 34.4. The Morgan fingerprint density at radius 3 is 1.71 bits per heavy atom. The van der Waals surface area contributed by atoms with E-state index < -0.39 is 21.4 Å². The van der Waals surface area contributed by atoms with Crippen LogP contribution in [0.15, 0.2) is 176 Å². The van der Waals surface area contributed by atoms with Gasteiger partial charge in [-0.2, -0.15) is 21.6 Å². The number of nitrogens with zero attached hydrogens (tertiary/aromatic N) is 2. The number of anilines is 6. The van der Waals surface area contributed by atoms with E-state index in [2.05, 4.69) is 24.3 Å². The molecule has 0 saturated carbocycles. The van der Waals surface area contributed by atoms with Crippen molar-refractivity contribution in [2.75, 3.05) is 9.80 Å². The van der Waals surface area contributed by atoms with Crippen LogP contribution < -0.4 is 14.0 Å². The van der Waals surface area contributed by atoms with Crippen molar-refractivity contribution >= 4 is 97.3 Å². The molecule has 0 aliphatic rings. The first-order valence-electron chi connectivity index (χ1n) is 17.3. The van der Waals surface area contributed by atoms with Crippen molar-refractivity contribution in [2.24, 2.45) is 0 Å². The van der Waals surface area contributed by atoms with Gasteiger partial charge in [-0.3, -0.25) is 0 Å². The number of hydrogen-bond donors (Lipinski definition) is 0. The molecule has 0 bridgehead atoms. The molecule has 0 spiro atoms. The lowest BCUT2D eigenvalue weighted by molar-refractivity contribution is -0.0499. The molecule has 0 aliphatic heterocycles. The number of benzene rings is 8. The summed E-state index contributed by atoms with van der Waals surface area (Å²) in [5.41, 5.74) is -2.25. The van der Waals surface area contributed by atoms with Crippen molar-refractivity contribution in [1.29, 1.82) is 0 Å². The Kier molecular flexibility index (Phi) is 8.44. The molecule has 0 saturated heterocycles. The summed E-state index contributed by atoms with van der Waals surface area (Å²) in [5, 5.41) is 5.77. The van der Waals surface area contributed by atoms with Crippen molar-refractivity contribution in [3.05, 3.63) is 176 Å². The van der Waals surface area contributed by atoms with Crippen molar-refractivity contribution in [3.8, 4) is 5.75 Å². The van der Waals surface area contributed by atoms with Crippen LogP contribution in [0.3, 0.4) is 0 Å². The highest BCUT2D eigenvalue weighted by molar-refractivity contribution is 7.88. The molecular weight excluding hydrogens is 738 g/mol. The van der Waals surface area contributed by atoms with Crippen LogP contribution in [-0.4, -0.2) is 13.9 Å². The predicted molar refractivity (Wildman–Crippen MR) is 219 cm³/mol. The highest BCUT2D eigenvalue weighted by Crippen LogP contribution is 2.49. The largest absolute Gasteiger partial charge is 0.534 e. The molecule has 0 aliphatic carbocycles. The number of thiophene rings is 1. The zero-order chi connectivity index (χ0) is 37.7. The molecule has 0 N–H and O–H groups in total. The number of hydrogen-bond acceptors (Lipinski definition) is 6. The van der Waals surface area contributed by atoms with Crippen molar-refractivity contribution in [2.45, 2.75) is 5.51 Å². The summed E-state index contributed by atoms with van der Waals surface area (Å²) >= 11 is 1.70. The first-order chi connectivity index (χ1) is 26.7. The minimum absolute atomic E-state index is 0.0833. The number of alkyl halides is 3. The lowest BCUT2D eigenvalue weighted by atomic mass is 9.99. The second-order valence-corrected chi connectivity index (χ2v) is 15.5. The molecular formula is C45H29F3N2O3S2. The summed E-state index contributed by atoms with van der Waals surface area (Å²) in [6.45, 7) is 0. The predicted octanol–water partition coefficient (Wildman–Crippen LogP) is 13.5. The van der Waals surface area contributed by atoms with E-state index in [1.807, 2.05) is 138 Å². The van der Waals surface area contributed by atoms with Gasteiger partial charge in [0.2, 0.25) is 0 Å². The van der Waals surface area contributed by atoms with E-state index in [-0.39, 0.29) is 5.69 Å². The van der Waals surface area contributed by atoms with Crippen LogP contribution in [0, 0.1) is 0 Å². The van der Waals surface area contributed by atoms with Crippen molar-refractivity contribution in [3.63, 3.8) is 0 Å². The van der Waals surface area contributed by atoms with Gasteiger partial charge in [-0.05, 0) is 89.0 Å². The van der Waals surface area contributed by atoms with Gasteiger partial charge >= 0.3 is 15.6 Å². The third-order valence-electron chi connectivity index (χ3n) is 9.56. The van der Waals surface area contributed by atoms with Gasteiger partial charge in [-0.1, -0.05) is 103 Å². The number of para-hydroxylation sites is 2. The highest BCUT2D eigenvalue weighted by atomic mass is 32.2. The van der Waals surface area contributed by atoms with Gasteiger partial charge in [0.1, 0.15) is 0 Å². The molecule has 10 heteroatoms. The molecule has 0 radical (unpaired) electrons. The lowest BCUT2D eigenvalue weighted by Gasteiger charge is -2.31. The van der Waals surface area contributed by atoms with Gasteiger partial charge in [0.25, 0.3) is 0 Å². The minimum Gasteiger partial charge on any atom is -0.374 e. The normalized spacial score (nSPS) is 12.1. The number of halogens is 3. The molecule has 9 rings (SSSR count). The average molecular weight is 767 g/mol. The summed E-state index contributed by atoms with van der Waals surface area (Å²) in [4.78, 5) is 3.76. The first-order valence-corrected chi connectivity index (χ1v) is 19.6. The summed E-state index contributed by atoms with van der Waals surface area (Å²) in [6.07, 6.45) is 0. The third-order valence-corrected chi connectivity index (χ3v) is 11.7. The van der Waals surface area contributed by atoms with Crippen LogP contribution in [0.2, 0.25) is 0 Å². The molecule has 0 atom stereocenters. The Bertz CT molecular complexity index is 2990. The van der Waals surface area contributed by atoms with Gasteiger partial charge in [0.15, 0.2) is 5.75 Å². The van der Waals surface area contributed by atoms with E-state index in [9.17, 15) is 21.6 Å². The Hall–Kier alpha value is -6.36. The van der Waals surface area contributed by atoms with Crippen LogP contribution in [0.4, 0.5) is 47.3 Å². The Balaban J connectivity index is 1.34. The molecule has 0 unspecified atom stereocenters. The maximum atomic E-state index is 14.0. The molecule has 9 aromatic rings. The highest BCUT2D eigenvalue weighted by Gasteiger charge is 2.49. The van der Waals surface area contributed by atoms with Crippen LogP contribution in [0.25, 0.3) is 41.7 Å². The summed E-state index contributed by atoms with van der Waals surface area (Å²) in [6, 6.07) is 55.2. The molecule has 0 fully saturated rings. The number of rotatable bonds is 8. The smallest absolute Gasteiger partial charge is 0.374 e. The molecule has 5 nitrogen and oxygen atoms in total. The topological polar surface area (TPSA) is 49.9 Å². The second-order valence-electron chi connectivity index (χ2n) is 12.9. The van der Waals surface area contributed by atoms with E-state index in [4.69, 9.17) is 4.18 Å². The monoisotopic (exact) mass is 766 g/mol. The van der Waals surface area contributed by atoms with E-state index in [1.165, 1.54) is 6.07 Å². The van der Waals surface area contributed by atoms with Crippen LogP contribution >= 0.6 is 11.3 Å². The summed E-state index contributed by atoms with van der Waals surface area (Å²) in [5.74, 6) is -0.491. The standard InChI is InChI=1S/C45H29F3N2O3S2/c46-45(47,48)55(51,52)53-42-25-23-34(49(31-14-3-1-4-15-31)33-24-26-44-39(28-33)38-21-11-12-22-43(38)54-44)29-41(42)50(32-16-5-2-6-17-32)40-27-30-13-7-8-18-35(30)36-19-9-10-20-37(36)40/h1-29H. The maximum Gasteiger partial charge on any atom is 0.534 e. The molecule has 270 valence electrons. The van der Waals surface area contributed by atoms with Gasteiger partial charge < -0.3 is 14.0 Å². The Morgan fingerprint density at radius 1 is 0.455 bits per heavy atom. The Morgan fingerprint density at radius 2 is 1.00 bits per heavy atom. The third kappa shape index (κ3) is 6.19. The van der Waals surface area contributed by atoms with Gasteiger partial charge in [-0.25, -0.2) is 0 Å². The van der Waals surface area contributed by atoms with Crippen LogP contribution in [0.5, 0.6) is 5.75 Å². The van der Waals surface area contributed by atoms with Crippen LogP contribution in [0.1, 0.15) is 0 Å². The average Bonchev–Trinajstić information content (AvgIpc) is 3.57. The zero-order valence-corrected chi connectivity index (χ0v) is 30.4. The van der Waals surface area contributed by atoms with Crippen molar-refractivity contribution < 1.29 is 25.8 Å². The zero-order valence-electron chi connectivity index (χ0n) is 28.8. The number of fused-ring (bicyclic) bond motifs is 6. The Labute approximate surface area is 318 Å². The lowest BCUT2D eigenvalue weighted by Crippen LogP contribution is -2.28. The fraction of sp³-hybridized carbons (Fsp3) is 0.0222. The maximum absolute atomic E-state index is 14.0. The van der Waals surface area contributed by atoms with Gasteiger partial charge in [0, 0.05) is 48.3 Å². The van der Waals surface area contributed by atoms with E-state index >= 15 is 0 Å². The SMILES string of the molecule is O=S(=O)(Oc1ccc(N(c2ccccc2)c2ccc3sc4ccccc4c3c2)cc1N(c1ccccc1)c1cc2ccccc2c2ccccc12)C(F)(F)F. The van der Waals surface area contributed by atoms with E-state index in [1.54, 1.807) is 28.4 Å². The van der Waals surface area contributed by atoms with Crippen molar-refractivity contribution in [1.82, 2.24) is 0 Å². The fourth-order valence-corrected chi connectivity index (χ4v) is 8.70. The quantitative estimate of drug-likeness (QED) is 0.0876. The summed E-state index contributed by atoms with van der Waals surface area (Å²) in [7, 11) is -6.06.